The standard InChI is InChI=1S/C14H21FN2/c1-2-17-8-4-6-12(10-16)14(17)11-5-3-7-13(15)9-11/h3,5,7,9,12,14H,2,4,6,8,10,16H2,1H3. The number of benzene rings is 1. The number of rotatable bonds is 3. The van der Waals surface area contributed by atoms with Crippen molar-refractivity contribution in [2.24, 2.45) is 11.7 Å². The Morgan fingerprint density at radius 3 is 2.94 bits per heavy atom. The SMILES string of the molecule is CCN1CCCC(CN)C1c1cccc(F)c1. The molecule has 2 rings (SSSR count). The van der Waals surface area contributed by atoms with E-state index < -0.39 is 0 Å². The van der Waals surface area contributed by atoms with Crippen LogP contribution in [0, 0.1) is 11.7 Å². The van der Waals surface area contributed by atoms with Gasteiger partial charge in [-0.05, 0) is 56.1 Å². The summed E-state index contributed by atoms with van der Waals surface area (Å²) in [7, 11) is 0. The Kier molecular flexibility index (Phi) is 4.13. The lowest BCUT2D eigenvalue weighted by atomic mass is 9.84. The molecule has 2 N–H and O–H groups in total. The van der Waals surface area contributed by atoms with Crippen LogP contribution >= 0.6 is 0 Å². The molecule has 0 aromatic heterocycles. The monoisotopic (exact) mass is 236 g/mol. The molecule has 1 aromatic rings. The van der Waals surface area contributed by atoms with Crippen molar-refractivity contribution in [1.82, 2.24) is 4.90 Å². The molecular weight excluding hydrogens is 215 g/mol. The van der Waals surface area contributed by atoms with E-state index in [9.17, 15) is 4.39 Å². The third-order valence-electron chi connectivity index (χ3n) is 3.76. The van der Waals surface area contributed by atoms with Gasteiger partial charge < -0.3 is 5.73 Å². The number of hydrogen-bond acceptors (Lipinski definition) is 2. The predicted molar refractivity (Wildman–Crippen MR) is 68.2 cm³/mol. The highest BCUT2D eigenvalue weighted by molar-refractivity contribution is 5.21. The first-order chi connectivity index (χ1) is 8.26. The van der Waals surface area contributed by atoms with Gasteiger partial charge in [0.05, 0.1) is 0 Å². The van der Waals surface area contributed by atoms with Gasteiger partial charge in [0.1, 0.15) is 5.82 Å². The van der Waals surface area contributed by atoms with E-state index in [0.717, 1.165) is 25.1 Å². The fourth-order valence-corrected chi connectivity index (χ4v) is 2.93. The van der Waals surface area contributed by atoms with E-state index in [1.54, 1.807) is 12.1 Å². The fourth-order valence-electron chi connectivity index (χ4n) is 2.93. The molecule has 0 saturated carbocycles. The van der Waals surface area contributed by atoms with E-state index in [1.807, 2.05) is 6.07 Å². The van der Waals surface area contributed by atoms with Gasteiger partial charge in [-0.3, -0.25) is 4.90 Å². The van der Waals surface area contributed by atoms with E-state index >= 15 is 0 Å². The molecule has 17 heavy (non-hydrogen) atoms. The van der Waals surface area contributed by atoms with Crippen molar-refractivity contribution in [2.75, 3.05) is 19.6 Å². The normalized spacial score (nSPS) is 26.1. The Morgan fingerprint density at radius 1 is 1.47 bits per heavy atom. The highest BCUT2D eigenvalue weighted by atomic mass is 19.1. The highest BCUT2D eigenvalue weighted by Gasteiger charge is 2.30. The fraction of sp³-hybridized carbons (Fsp3) is 0.571. The summed E-state index contributed by atoms with van der Waals surface area (Å²) < 4.78 is 13.3. The van der Waals surface area contributed by atoms with Crippen LogP contribution in [-0.2, 0) is 0 Å². The van der Waals surface area contributed by atoms with Crippen molar-refractivity contribution in [2.45, 2.75) is 25.8 Å². The highest BCUT2D eigenvalue weighted by Crippen LogP contribution is 2.35. The van der Waals surface area contributed by atoms with Gasteiger partial charge in [-0.25, -0.2) is 4.39 Å². The lowest BCUT2D eigenvalue weighted by Crippen LogP contribution is -2.41. The lowest BCUT2D eigenvalue weighted by molar-refractivity contribution is 0.102. The van der Waals surface area contributed by atoms with E-state index in [0.29, 0.717) is 12.5 Å². The van der Waals surface area contributed by atoms with Gasteiger partial charge in [-0.1, -0.05) is 19.1 Å². The zero-order valence-electron chi connectivity index (χ0n) is 10.4. The van der Waals surface area contributed by atoms with Crippen molar-refractivity contribution >= 4 is 0 Å². The van der Waals surface area contributed by atoms with Crippen LogP contribution in [0.2, 0.25) is 0 Å². The first-order valence-corrected chi connectivity index (χ1v) is 6.45. The minimum Gasteiger partial charge on any atom is -0.330 e. The third kappa shape index (κ3) is 2.67. The van der Waals surface area contributed by atoms with Gasteiger partial charge in [0.2, 0.25) is 0 Å². The Morgan fingerprint density at radius 2 is 2.29 bits per heavy atom. The lowest BCUT2D eigenvalue weighted by Gasteiger charge is -2.40. The van der Waals surface area contributed by atoms with Crippen LogP contribution < -0.4 is 5.73 Å². The van der Waals surface area contributed by atoms with Crippen molar-refractivity contribution in [3.63, 3.8) is 0 Å². The van der Waals surface area contributed by atoms with Crippen LogP contribution in [0.15, 0.2) is 24.3 Å². The summed E-state index contributed by atoms with van der Waals surface area (Å²) in [6.45, 7) is 4.93. The second kappa shape index (κ2) is 5.61. The maximum atomic E-state index is 13.3. The molecule has 1 aliphatic rings. The van der Waals surface area contributed by atoms with E-state index in [-0.39, 0.29) is 11.9 Å². The molecule has 1 heterocycles. The molecule has 0 bridgehead atoms. The number of piperidine rings is 1. The summed E-state index contributed by atoms with van der Waals surface area (Å²) in [6.07, 6.45) is 2.34. The summed E-state index contributed by atoms with van der Waals surface area (Å²) in [4.78, 5) is 2.41. The quantitative estimate of drug-likeness (QED) is 0.874. The Balaban J connectivity index is 2.29. The number of nitrogens with two attached hydrogens (primary N) is 1. The Hall–Kier alpha value is -0.930. The zero-order valence-corrected chi connectivity index (χ0v) is 10.4. The molecule has 1 aliphatic heterocycles. The van der Waals surface area contributed by atoms with Crippen molar-refractivity contribution in [3.8, 4) is 0 Å². The minimum absolute atomic E-state index is 0.153. The second-order valence-electron chi connectivity index (χ2n) is 4.77. The molecule has 1 aromatic carbocycles. The molecule has 3 heteroatoms. The zero-order chi connectivity index (χ0) is 12.3. The van der Waals surface area contributed by atoms with Crippen LogP contribution in [0.5, 0.6) is 0 Å². The Bertz CT molecular complexity index is 355. The molecule has 1 fully saturated rings. The average Bonchev–Trinajstić information content (AvgIpc) is 2.37. The smallest absolute Gasteiger partial charge is 0.123 e. The summed E-state index contributed by atoms with van der Waals surface area (Å²) >= 11 is 0. The number of likely N-dealkylation sites (tertiary alicyclic amines) is 1. The van der Waals surface area contributed by atoms with Crippen molar-refractivity contribution in [1.29, 1.82) is 0 Å². The largest absolute Gasteiger partial charge is 0.330 e. The maximum Gasteiger partial charge on any atom is 0.123 e. The van der Waals surface area contributed by atoms with E-state index in [1.165, 1.54) is 12.5 Å². The van der Waals surface area contributed by atoms with Gasteiger partial charge in [0.15, 0.2) is 0 Å². The third-order valence-corrected chi connectivity index (χ3v) is 3.76. The summed E-state index contributed by atoms with van der Waals surface area (Å²) in [5.74, 6) is 0.297. The molecule has 0 radical (unpaired) electrons. The average molecular weight is 236 g/mol. The van der Waals surface area contributed by atoms with Crippen LogP contribution in [0.25, 0.3) is 0 Å². The van der Waals surface area contributed by atoms with Crippen LogP contribution in [0.1, 0.15) is 31.4 Å². The molecule has 2 nitrogen and oxygen atoms in total. The molecule has 0 spiro atoms. The van der Waals surface area contributed by atoms with Gasteiger partial charge in [-0.2, -0.15) is 0 Å². The first-order valence-electron chi connectivity index (χ1n) is 6.45. The van der Waals surface area contributed by atoms with Crippen molar-refractivity contribution < 1.29 is 4.39 Å². The second-order valence-corrected chi connectivity index (χ2v) is 4.77. The molecule has 2 atom stereocenters. The van der Waals surface area contributed by atoms with Crippen LogP contribution in [-0.4, -0.2) is 24.5 Å². The van der Waals surface area contributed by atoms with Crippen LogP contribution in [0.4, 0.5) is 4.39 Å². The van der Waals surface area contributed by atoms with Gasteiger partial charge >= 0.3 is 0 Å². The van der Waals surface area contributed by atoms with Crippen molar-refractivity contribution in [3.05, 3.63) is 35.6 Å². The topological polar surface area (TPSA) is 29.3 Å². The molecule has 94 valence electrons. The number of halogens is 1. The van der Waals surface area contributed by atoms with Gasteiger partial charge in [-0.15, -0.1) is 0 Å². The van der Waals surface area contributed by atoms with E-state index in [4.69, 9.17) is 5.73 Å². The number of hydrogen-bond donors (Lipinski definition) is 1. The van der Waals surface area contributed by atoms with Gasteiger partial charge in [0, 0.05) is 6.04 Å². The minimum atomic E-state index is -0.153. The molecule has 1 saturated heterocycles. The number of nitrogens with zero attached hydrogens (tertiary/aromatic N) is 1. The predicted octanol–water partition coefficient (Wildman–Crippen LogP) is 2.56. The summed E-state index contributed by atoms with van der Waals surface area (Å²) in [5, 5.41) is 0. The maximum absolute atomic E-state index is 13.3. The molecule has 0 amide bonds. The van der Waals surface area contributed by atoms with Gasteiger partial charge in [0.25, 0.3) is 0 Å². The first kappa shape index (κ1) is 12.5. The van der Waals surface area contributed by atoms with Crippen LogP contribution in [0.3, 0.4) is 0 Å². The summed E-state index contributed by atoms with van der Waals surface area (Å²) in [5.41, 5.74) is 6.94. The summed E-state index contributed by atoms with van der Waals surface area (Å²) in [6, 6.07) is 7.25. The molecule has 2 unspecified atom stereocenters. The van der Waals surface area contributed by atoms with E-state index in [2.05, 4.69) is 11.8 Å². The molecular formula is C14H21FN2. The molecule has 0 aliphatic carbocycles. The Labute approximate surface area is 103 Å².